The average Bonchev–Trinajstić information content (AvgIpc) is 2.55. The van der Waals surface area contributed by atoms with Gasteiger partial charge in [-0.25, -0.2) is 0 Å². The zero-order valence-corrected chi connectivity index (χ0v) is 13.3. The summed E-state index contributed by atoms with van der Waals surface area (Å²) in [6.07, 6.45) is 3.78. The lowest BCUT2D eigenvalue weighted by molar-refractivity contribution is -0.132. The fraction of sp³-hybridized carbons (Fsp3) is 0.611. The Bertz CT molecular complexity index is 447. The predicted molar refractivity (Wildman–Crippen MR) is 87.2 cm³/mol. The second-order valence-corrected chi connectivity index (χ2v) is 6.26. The van der Waals surface area contributed by atoms with Crippen molar-refractivity contribution in [2.45, 2.75) is 45.4 Å². The van der Waals surface area contributed by atoms with E-state index >= 15 is 0 Å². The van der Waals surface area contributed by atoms with E-state index in [9.17, 15) is 4.79 Å². The molecule has 1 amide bonds. The van der Waals surface area contributed by atoms with E-state index in [1.807, 2.05) is 4.90 Å². The molecule has 2 rings (SSSR count). The minimum atomic E-state index is 0.288. The zero-order chi connectivity index (χ0) is 15.2. The molecular weight excluding hydrogens is 260 g/mol. The fourth-order valence-corrected chi connectivity index (χ4v) is 3.01. The standard InChI is InChI=1S/C18H28N2O/c1-3-15-4-6-17(7-5-15)14(2)12-18(21)20-10-8-16(13-19)9-11-20/h4-7,14,16H,3,8-13,19H2,1-2H3. The first-order valence-corrected chi connectivity index (χ1v) is 8.20. The summed E-state index contributed by atoms with van der Waals surface area (Å²) in [5.74, 6) is 1.18. The van der Waals surface area contributed by atoms with Gasteiger partial charge in [-0.15, -0.1) is 0 Å². The van der Waals surface area contributed by atoms with Gasteiger partial charge in [0.15, 0.2) is 0 Å². The van der Waals surface area contributed by atoms with Crippen molar-refractivity contribution in [3.8, 4) is 0 Å². The van der Waals surface area contributed by atoms with Crippen LogP contribution in [-0.4, -0.2) is 30.4 Å². The lowest BCUT2D eigenvalue weighted by atomic mass is 9.94. The third-order valence-corrected chi connectivity index (χ3v) is 4.74. The van der Waals surface area contributed by atoms with Crippen LogP contribution in [0.3, 0.4) is 0 Å². The Balaban J connectivity index is 1.86. The second-order valence-electron chi connectivity index (χ2n) is 6.26. The molecule has 0 aromatic heterocycles. The summed E-state index contributed by atoms with van der Waals surface area (Å²) in [5, 5.41) is 0. The van der Waals surface area contributed by atoms with Crippen molar-refractivity contribution in [2.75, 3.05) is 19.6 Å². The van der Waals surface area contributed by atoms with Crippen LogP contribution in [0.25, 0.3) is 0 Å². The van der Waals surface area contributed by atoms with Crippen LogP contribution in [0.15, 0.2) is 24.3 Å². The van der Waals surface area contributed by atoms with E-state index in [1.165, 1.54) is 11.1 Å². The number of aryl methyl sites for hydroxylation is 1. The van der Waals surface area contributed by atoms with Crippen molar-refractivity contribution in [3.05, 3.63) is 35.4 Å². The third-order valence-electron chi connectivity index (χ3n) is 4.74. The summed E-state index contributed by atoms with van der Waals surface area (Å²) in [6, 6.07) is 8.67. The monoisotopic (exact) mass is 288 g/mol. The summed E-state index contributed by atoms with van der Waals surface area (Å²) in [6.45, 7) is 6.81. The van der Waals surface area contributed by atoms with Crippen LogP contribution < -0.4 is 5.73 Å². The van der Waals surface area contributed by atoms with E-state index in [2.05, 4.69) is 38.1 Å². The van der Waals surface area contributed by atoms with Gasteiger partial charge in [0, 0.05) is 19.5 Å². The number of nitrogens with two attached hydrogens (primary N) is 1. The molecule has 2 N–H and O–H groups in total. The summed E-state index contributed by atoms with van der Waals surface area (Å²) in [5.41, 5.74) is 8.31. The molecular formula is C18H28N2O. The van der Waals surface area contributed by atoms with Gasteiger partial charge in [0.2, 0.25) is 5.91 Å². The van der Waals surface area contributed by atoms with Crippen molar-refractivity contribution in [2.24, 2.45) is 11.7 Å². The number of rotatable bonds is 5. The highest BCUT2D eigenvalue weighted by atomic mass is 16.2. The van der Waals surface area contributed by atoms with Gasteiger partial charge in [-0.1, -0.05) is 38.1 Å². The average molecular weight is 288 g/mol. The highest BCUT2D eigenvalue weighted by Gasteiger charge is 2.23. The first-order valence-electron chi connectivity index (χ1n) is 8.20. The molecule has 3 nitrogen and oxygen atoms in total. The molecule has 1 unspecified atom stereocenters. The molecule has 0 radical (unpaired) electrons. The van der Waals surface area contributed by atoms with Crippen LogP contribution in [0, 0.1) is 5.92 Å². The number of likely N-dealkylation sites (tertiary alicyclic amines) is 1. The van der Waals surface area contributed by atoms with Crippen molar-refractivity contribution in [3.63, 3.8) is 0 Å². The quantitative estimate of drug-likeness (QED) is 0.905. The fourth-order valence-electron chi connectivity index (χ4n) is 3.01. The minimum absolute atomic E-state index is 0.288. The Morgan fingerprint density at radius 2 is 1.90 bits per heavy atom. The summed E-state index contributed by atoms with van der Waals surface area (Å²) >= 11 is 0. The van der Waals surface area contributed by atoms with Gasteiger partial charge in [-0.05, 0) is 48.8 Å². The van der Waals surface area contributed by atoms with Crippen molar-refractivity contribution >= 4 is 5.91 Å². The second kappa shape index (κ2) is 7.60. The molecule has 3 heteroatoms. The molecule has 1 saturated heterocycles. The molecule has 0 aliphatic carbocycles. The number of amides is 1. The van der Waals surface area contributed by atoms with Crippen molar-refractivity contribution in [1.29, 1.82) is 0 Å². The highest BCUT2D eigenvalue weighted by molar-refractivity contribution is 5.77. The Labute approximate surface area is 128 Å². The van der Waals surface area contributed by atoms with Gasteiger partial charge < -0.3 is 10.6 Å². The van der Waals surface area contributed by atoms with Gasteiger partial charge in [0.05, 0.1) is 0 Å². The summed E-state index contributed by atoms with van der Waals surface area (Å²) in [7, 11) is 0. The normalized spacial score (nSPS) is 17.8. The van der Waals surface area contributed by atoms with Crippen LogP contribution in [0.1, 0.15) is 50.2 Å². The van der Waals surface area contributed by atoms with Crippen LogP contribution in [0.2, 0.25) is 0 Å². The molecule has 1 atom stereocenters. The van der Waals surface area contributed by atoms with E-state index in [-0.39, 0.29) is 11.8 Å². The molecule has 0 spiro atoms. The minimum Gasteiger partial charge on any atom is -0.343 e. The largest absolute Gasteiger partial charge is 0.343 e. The lowest BCUT2D eigenvalue weighted by Gasteiger charge is -2.32. The first kappa shape index (κ1) is 16.0. The number of hydrogen-bond acceptors (Lipinski definition) is 2. The lowest BCUT2D eigenvalue weighted by Crippen LogP contribution is -2.40. The SMILES string of the molecule is CCc1ccc(C(C)CC(=O)N2CCC(CN)CC2)cc1. The number of nitrogens with zero attached hydrogens (tertiary/aromatic N) is 1. The van der Waals surface area contributed by atoms with E-state index in [0.717, 1.165) is 38.9 Å². The Kier molecular flexibility index (Phi) is 5.80. The number of benzene rings is 1. The Morgan fingerprint density at radius 1 is 1.29 bits per heavy atom. The molecule has 21 heavy (non-hydrogen) atoms. The number of carbonyl (C=O) groups excluding carboxylic acids is 1. The number of piperidine rings is 1. The van der Waals surface area contributed by atoms with Gasteiger partial charge in [-0.2, -0.15) is 0 Å². The van der Waals surface area contributed by atoms with Crippen LogP contribution >= 0.6 is 0 Å². The van der Waals surface area contributed by atoms with Gasteiger partial charge >= 0.3 is 0 Å². The highest BCUT2D eigenvalue weighted by Crippen LogP contribution is 2.23. The topological polar surface area (TPSA) is 46.3 Å². The molecule has 116 valence electrons. The van der Waals surface area contributed by atoms with E-state index < -0.39 is 0 Å². The molecule has 1 aliphatic heterocycles. The molecule has 1 fully saturated rings. The number of carbonyl (C=O) groups is 1. The third kappa shape index (κ3) is 4.31. The van der Waals surface area contributed by atoms with Gasteiger partial charge in [0.1, 0.15) is 0 Å². The van der Waals surface area contributed by atoms with E-state index in [1.54, 1.807) is 0 Å². The van der Waals surface area contributed by atoms with Crippen LogP contribution in [0.4, 0.5) is 0 Å². The van der Waals surface area contributed by atoms with Crippen LogP contribution in [-0.2, 0) is 11.2 Å². The van der Waals surface area contributed by atoms with E-state index in [0.29, 0.717) is 12.3 Å². The zero-order valence-electron chi connectivity index (χ0n) is 13.3. The summed E-state index contributed by atoms with van der Waals surface area (Å²) in [4.78, 5) is 14.4. The first-order chi connectivity index (χ1) is 10.1. The molecule has 1 heterocycles. The van der Waals surface area contributed by atoms with Crippen molar-refractivity contribution < 1.29 is 4.79 Å². The molecule has 0 bridgehead atoms. The molecule has 1 aromatic carbocycles. The smallest absolute Gasteiger partial charge is 0.223 e. The molecule has 1 aromatic rings. The van der Waals surface area contributed by atoms with Crippen molar-refractivity contribution in [1.82, 2.24) is 4.90 Å². The Hall–Kier alpha value is -1.35. The Morgan fingerprint density at radius 3 is 2.43 bits per heavy atom. The maximum Gasteiger partial charge on any atom is 0.223 e. The maximum absolute atomic E-state index is 12.4. The summed E-state index contributed by atoms with van der Waals surface area (Å²) < 4.78 is 0. The van der Waals surface area contributed by atoms with Crippen LogP contribution in [0.5, 0.6) is 0 Å². The van der Waals surface area contributed by atoms with Gasteiger partial charge in [0.25, 0.3) is 0 Å². The molecule has 1 aliphatic rings. The van der Waals surface area contributed by atoms with E-state index in [4.69, 9.17) is 5.73 Å². The number of hydrogen-bond donors (Lipinski definition) is 1. The predicted octanol–water partition coefficient (Wildman–Crippen LogP) is 2.94. The maximum atomic E-state index is 12.4. The molecule has 0 saturated carbocycles. The van der Waals surface area contributed by atoms with Gasteiger partial charge in [-0.3, -0.25) is 4.79 Å².